The Labute approximate surface area is 205 Å². The van der Waals surface area contributed by atoms with Crippen LogP contribution in [-0.4, -0.2) is 30.6 Å². The topological polar surface area (TPSA) is 69.6 Å². The molecule has 0 aliphatic carbocycles. The number of carboxylic acids is 1. The third-order valence-corrected chi connectivity index (χ3v) is 6.06. The van der Waals surface area contributed by atoms with Crippen LogP contribution in [-0.2, 0) is 11.2 Å². The van der Waals surface area contributed by atoms with E-state index in [-0.39, 0.29) is 17.2 Å². The molecule has 0 saturated carbocycles. The number of anilines is 2. The quantitative estimate of drug-likeness (QED) is 0.302. The maximum Gasteiger partial charge on any atom is 0.337 e. The summed E-state index contributed by atoms with van der Waals surface area (Å²) in [7, 11) is 1.93. The van der Waals surface area contributed by atoms with Crippen molar-refractivity contribution in [3.8, 4) is 0 Å². The Hall–Kier alpha value is -4.38. The van der Waals surface area contributed by atoms with E-state index in [4.69, 9.17) is 0 Å². The van der Waals surface area contributed by atoms with E-state index in [9.17, 15) is 14.7 Å². The molecule has 176 valence electrons. The second-order valence-corrected chi connectivity index (χ2v) is 8.57. The number of fused-ring (bicyclic) bond motifs is 1. The van der Waals surface area contributed by atoms with Gasteiger partial charge in [0.2, 0.25) is 5.91 Å². The first-order valence-electron chi connectivity index (χ1n) is 11.5. The molecule has 4 rings (SSSR count). The molecule has 0 aliphatic heterocycles. The van der Waals surface area contributed by atoms with Gasteiger partial charge in [-0.15, -0.1) is 0 Å². The van der Waals surface area contributed by atoms with E-state index < -0.39 is 5.97 Å². The van der Waals surface area contributed by atoms with Gasteiger partial charge in [0.25, 0.3) is 0 Å². The molecule has 4 aromatic carbocycles. The maximum atomic E-state index is 12.7. The maximum absolute atomic E-state index is 12.7. The zero-order chi connectivity index (χ0) is 24.8. The predicted molar refractivity (Wildman–Crippen MR) is 143 cm³/mol. The van der Waals surface area contributed by atoms with Crippen LogP contribution in [0, 0.1) is 0 Å². The lowest BCUT2D eigenvalue weighted by molar-refractivity contribution is -0.111. The number of allylic oxidation sites excluding steroid dienone is 1. The molecule has 35 heavy (non-hydrogen) atoms. The second kappa shape index (κ2) is 10.7. The van der Waals surface area contributed by atoms with Gasteiger partial charge >= 0.3 is 5.97 Å². The van der Waals surface area contributed by atoms with Crippen molar-refractivity contribution in [2.24, 2.45) is 0 Å². The Bertz CT molecular complexity index is 1390. The summed E-state index contributed by atoms with van der Waals surface area (Å²) < 4.78 is 0. The number of hydrogen-bond donors (Lipinski definition) is 2. The number of amides is 1. The fraction of sp³-hybridized carbons (Fsp3) is 0.133. The fourth-order valence-electron chi connectivity index (χ4n) is 4.01. The lowest BCUT2D eigenvalue weighted by atomic mass is 10.0. The zero-order valence-electron chi connectivity index (χ0n) is 19.9. The molecule has 0 aliphatic rings. The molecule has 5 heteroatoms. The monoisotopic (exact) mass is 464 g/mol. The molecule has 2 N–H and O–H groups in total. The lowest BCUT2D eigenvalue weighted by Crippen LogP contribution is -2.21. The van der Waals surface area contributed by atoms with Gasteiger partial charge in [-0.05, 0) is 65.1 Å². The van der Waals surface area contributed by atoms with Crippen LogP contribution in [0.2, 0.25) is 0 Å². The number of carboxylic acid groups (broad SMARTS) is 1. The molecule has 0 heterocycles. The Kier molecular flexibility index (Phi) is 7.27. The first-order chi connectivity index (χ1) is 16.9. The molecule has 0 spiro atoms. The minimum atomic E-state index is -1.09. The van der Waals surface area contributed by atoms with Crippen LogP contribution in [0.1, 0.15) is 28.4 Å². The number of nitrogens with zero attached hydrogens (tertiary/aromatic N) is 1. The highest BCUT2D eigenvalue weighted by Gasteiger charge is 2.15. The normalized spacial score (nSPS) is 11.3. The van der Waals surface area contributed by atoms with Crippen LogP contribution in [0.25, 0.3) is 16.3 Å². The Balaban J connectivity index is 1.48. The molecule has 4 aromatic rings. The van der Waals surface area contributed by atoms with Crippen molar-refractivity contribution >= 4 is 39.6 Å². The highest BCUT2D eigenvalue weighted by Crippen LogP contribution is 2.25. The number of likely N-dealkylation sites (N-methyl/N-ethyl adjacent to an activating group) is 1. The highest BCUT2D eigenvalue weighted by atomic mass is 16.4. The van der Waals surface area contributed by atoms with Crippen molar-refractivity contribution in [1.29, 1.82) is 0 Å². The third-order valence-electron chi connectivity index (χ3n) is 6.06. The Morgan fingerprint density at radius 1 is 0.886 bits per heavy atom. The van der Waals surface area contributed by atoms with Gasteiger partial charge in [0.05, 0.1) is 11.3 Å². The molecule has 0 atom stereocenters. The number of rotatable bonds is 8. The first-order valence-corrected chi connectivity index (χ1v) is 11.5. The minimum absolute atomic E-state index is 0.0548. The van der Waals surface area contributed by atoms with Gasteiger partial charge in [-0.2, -0.15) is 0 Å². The Morgan fingerprint density at radius 2 is 1.60 bits per heavy atom. The van der Waals surface area contributed by atoms with Gasteiger partial charge in [0, 0.05) is 25.4 Å². The smallest absolute Gasteiger partial charge is 0.337 e. The highest BCUT2D eigenvalue weighted by molar-refractivity contribution is 6.07. The molecular formula is C30H28N2O3. The Morgan fingerprint density at radius 3 is 2.34 bits per heavy atom. The molecule has 0 unspecified atom stereocenters. The largest absolute Gasteiger partial charge is 0.478 e. The molecule has 0 aromatic heterocycles. The van der Waals surface area contributed by atoms with Gasteiger partial charge in [-0.1, -0.05) is 66.7 Å². The SMILES string of the molecule is CC(=CC(=O)Nc1ccc(N(C)CCc2ccccc2)cc1C(=O)O)c1ccc2ccccc2c1. The number of aromatic carboxylic acids is 1. The third kappa shape index (κ3) is 5.95. The number of carbonyl (C=O) groups is 2. The van der Waals surface area contributed by atoms with Gasteiger partial charge in [-0.25, -0.2) is 4.79 Å². The van der Waals surface area contributed by atoms with E-state index in [0.717, 1.165) is 40.6 Å². The standard InChI is InChI=1S/C30H28N2O3/c1-21(24-13-12-23-10-6-7-11-25(23)19-24)18-29(33)31-28-15-14-26(20-27(28)30(34)35)32(2)17-16-22-8-4-3-5-9-22/h3-15,18-20H,16-17H2,1-2H3,(H,31,33)(H,34,35). The summed E-state index contributed by atoms with van der Waals surface area (Å²) in [5, 5.41) is 14.7. The minimum Gasteiger partial charge on any atom is -0.478 e. The molecular weight excluding hydrogens is 436 g/mol. The average molecular weight is 465 g/mol. The van der Waals surface area contributed by atoms with Crippen molar-refractivity contribution < 1.29 is 14.7 Å². The summed E-state index contributed by atoms with van der Waals surface area (Å²) >= 11 is 0. The van der Waals surface area contributed by atoms with E-state index in [0.29, 0.717) is 0 Å². The summed E-state index contributed by atoms with van der Waals surface area (Å²) in [6.45, 7) is 2.61. The fourth-order valence-corrected chi connectivity index (χ4v) is 4.01. The number of hydrogen-bond acceptors (Lipinski definition) is 3. The first kappa shape index (κ1) is 23.8. The summed E-state index contributed by atoms with van der Waals surface area (Å²) in [5.74, 6) is -1.46. The second-order valence-electron chi connectivity index (χ2n) is 8.57. The predicted octanol–water partition coefficient (Wildman–Crippen LogP) is 6.26. The van der Waals surface area contributed by atoms with Gasteiger partial charge < -0.3 is 15.3 Å². The summed E-state index contributed by atoms with van der Waals surface area (Å²) in [5.41, 5.74) is 4.05. The van der Waals surface area contributed by atoms with Crippen molar-refractivity contribution in [2.45, 2.75) is 13.3 Å². The van der Waals surface area contributed by atoms with Crippen LogP contribution in [0.3, 0.4) is 0 Å². The number of carbonyl (C=O) groups excluding carboxylic acids is 1. The average Bonchev–Trinajstić information content (AvgIpc) is 2.87. The summed E-state index contributed by atoms with van der Waals surface area (Å²) in [6, 6.07) is 29.3. The van der Waals surface area contributed by atoms with Crippen molar-refractivity contribution in [3.05, 3.63) is 114 Å². The van der Waals surface area contributed by atoms with Gasteiger partial charge in [0.1, 0.15) is 0 Å². The van der Waals surface area contributed by atoms with E-state index >= 15 is 0 Å². The van der Waals surface area contributed by atoms with Gasteiger partial charge in [0.15, 0.2) is 0 Å². The van der Waals surface area contributed by atoms with E-state index in [1.54, 1.807) is 12.1 Å². The van der Waals surface area contributed by atoms with Crippen LogP contribution in [0.15, 0.2) is 97.1 Å². The van der Waals surface area contributed by atoms with Crippen LogP contribution in [0.4, 0.5) is 11.4 Å². The van der Waals surface area contributed by atoms with E-state index in [1.807, 2.05) is 85.6 Å². The summed E-state index contributed by atoms with van der Waals surface area (Å²) in [6.07, 6.45) is 2.34. The van der Waals surface area contributed by atoms with Crippen LogP contribution >= 0.6 is 0 Å². The van der Waals surface area contributed by atoms with E-state index in [2.05, 4.69) is 17.4 Å². The number of nitrogens with one attached hydrogen (secondary N) is 1. The molecule has 1 amide bonds. The summed E-state index contributed by atoms with van der Waals surface area (Å²) in [4.78, 5) is 26.7. The molecule has 0 radical (unpaired) electrons. The zero-order valence-corrected chi connectivity index (χ0v) is 19.9. The van der Waals surface area contributed by atoms with E-state index in [1.165, 1.54) is 11.6 Å². The van der Waals surface area contributed by atoms with Crippen molar-refractivity contribution in [3.63, 3.8) is 0 Å². The van der Waals surface area contributed by atoms with Crippen LogP contribution in [0.5, 0.6) is 0 Å². The molecule has 0 saturated heterocycles. The molecule has 0 bridgehead atoms. The molecule has 5 nitrogen and oxygen atoms in total. The number of benzene rings is 4. The lowest BCUT2D eigenvalue weighted by Gasteiger charge is -2.21. The van der Waals surface area contributed by atoms with Crippen molar-refractivity contribution in [1.82, 2.24) is 0 Å². The molecule has 0 fully saturated rings. The van der Waals surface area contributed by atoms with Gasteiger partial charge in [-0.3, -0.25) is 4.79 Å². The van der Waals surface area contributed by atoms with Crippen molar-refractivity contribution in [2.75, 3.05) is 23.8 Å². The van der Waals surface area contributed by atoms with Crippen LogP contribution < -0.4 is 10.2 Å².